The first-order chi connectivity index (χ1) is 13.3. The third-order valence-corrected chi connectivity index (χ3v) is 12.5. The summed E-state index contributed by atoms with van der Waals surface area (Å²) in [5.41, 5.74) is 1.26. The van der Waals surface area contributed by atoms with Gasteiger partial charge in [-0.1, -0.05) is 0 Å². The van der Waals surface area contributed by atoms with Crippen LogP contribution in [-0.4, -0.2) is 35.7 Å². The van der Waals surface area contributed by atoms with E-state index in [0.717, 1.165) is 81.6 Å². The summed E-state index contributed by atoms with van der Waals surface area (Å²) in [7, 11) is 0. The maximum absolute atomic E-state index is 13.3. The van der Waals surface area contributed by atoms with E-state index >= 15 is 0 Å². The second-order valence-corrected chi connectivity index (χ2v) is 14.3. The number of rotatable bonds is 14. The number of benzene rings is 1. The number of phenolic OH excluding ortho intramolecular Hbond substituents is 1. The van der Waals surface area contributed by atoms with Gasteiger partial charge in [0, 0.05) is 0 Å². The van der Waals surface area contributed by atoms with Gasteiger partial charge in [0.2, 0.25) is 0 Å². The topological polar surface area (TPSA) is 46.5 Å². The van der Waals surface area contributed by atoms with Crippen LogP contribution in [0.4, 0.5) is 0 Å². The summed E-state index contributed by atoms with van der Waals surface area (Å²) in [6.07, 6.45) is 13.1. The van der Waals surface area contributed by atoms with Crippen molar-refractivity contribution < 1.29 is 14.4 Å². The van der Waals surface area contributed by atoms with Crippen molar-refractivity contribution in [2.75, 3.05) is 24.6 Å². The van der Waals surface area contributed by atoms with Gasteiger partial charge in [-0.25, -0.2) is 0 Å². The molecule has 0 aliphatic carbocycles. The van der Waals surface area contributed by atoms with Gasteiger partial charge in [-0.3, -0.25) is 0 Å². The van der Waals surface area contributed by atoms with Crippen LogP contribution in [-0.2, 0) is 4.52 Å². The van der Waals surface area contributed by atoms with Crippen molar-refractivity contribution in [3.63, 3.8) is 0 Å². The van der Waals surface area contributed by atoms with Crippen LogP contribution in [0.3, 0.4) is 0 Å². The van der Waals surface area contributed by atoms with Crippen LogP contribution in [0.5, 0.6) is 5.75 Å². The SMILES string of the molecule is CCCCP(CCCC)(CCCC)(CCCC)OC(=O)c1ccc(C)cc1O. The molecule has 1 N–H and O–H groups in total. The van der Waals surface area contributed by atoms with E-state index in [1.54, 1.807) is 12.1 Å². The Kier molecular flexibility index (Phi) is 10.5. The van der Waals surface area contributed by atoms with Crippen molar-refractivity contribution in [3.05, 3.63) is 29.3 Å². The van der Waals surface area contributed by atoms with Gasteiger partial charge < -0.3 is 0 Å². The molecule has 1 rings (SSSR count). The summed E-state index contributed by atoms with van der Waals surface area (Å²) >= 11 is 0. The Morgan fingerprint density at radius 2 is 1.29 bits per heavy atom. The van der Waals surface area contributed by atoms with Gasteiger partial charge in [0.1, 0.15) is 0 Å². The molecule has 28 heavy (non-hydrogen) atoms. The summed E-state index contributed by atoms with van der Waals surface area (Å²) in [4.78, 5) is 13.3. The number of aromatic hydroxyl groups is 1. The van der Waals surface area contributed by atoms with Crippen LogP contribution >= 0.6 is 6.83 Å². The van der Waals surface area contributed by atoms with Crippen LogP contribution in [0, 0.1) is 6.92 Å². The Balaban J connectivity index is 3.38. The Bertz CT molecular complexity index is 568. The number of phenols is 1. The van der Waals surface area contributed by atoms with Gasteiger partial charge in [0.15, 0.2) is 0 Å². The molecule has 3 nitrogen and oxygen atoms in total. The van der Waals surface area contributed by atoms with Crippen LogP contribution in [0.1, 0.15) is 95.0 Å². The van der Waals surface area contributed by atoms with Gasteiger partial charge in [-0.15, -0.1) is 0 Å². The standard InChI is InChI=1S/C24H43O3P/c1-6-10-16-28(17-11-7-2,18-12-8-3,19-13-9-4)27-24(26)22-15-14-21(5)20-23(22)25/h14-15,20,25H,6-13,16-19H2,1-5H3. The molecule has 0 unspecified atom stereocenters. The molecule has 0 bridgehead atoms. The number of unbranched alkanes of at least 4 members (excludes halogenated alkanes) is 4. The first-order valence-corrected chi connectivity index (χ1v) is 14.3. The van der Waals surface area contributed by atoms with Crippen LogP contribution in [0.25, 0.3) is 0 Å². The predicted molar refractivity (Wildman–Crippen MR) is 124 cm³/mol. The van der Waals surface area contributed by atoms with Gasteiger partial charge >= 0.3 is 173 Å². The van der Waals surface area contributed by atoms with E-state index in [2.05, 4.69) is 27.7 Å². The Hall–Kier alpha value is -1.08. The van der Waals surface area contributed by atoms with Crippen molar-refractivity contribution in [1.29, 1.82) is 0 Å². The zero-order valence-electron chi connectivity index (χ0n) is 18.9. The average molecular weight is 411 g/mol. The average Bonchev–Trinajstić information content (AvgIpc) is 2.68. The first-order valence-electron chi connectivity index (χ1n) is 11.4. The molecule has 1 aromatic rings. The molecule has 0 amide bonds. The van der Waals surface area contributed by atoms with Gasteiger partial charge in [0.05, 0.1) is 0 Å². The summed E-state index contributed by atoms with van der Waals surface area (Å²) in [5, 5.41) is 10.4. The molecule has 0 saturated heterocycles. The second-order valence-electron chi connectivity index (χ2n) is 8.57. The normalized spacial score (nSPS) is 13.1. The molecule has 0 aliphatic rings. The van der Waals surface area contributed by atoms with E-state index in [1.807, 2.05) is 13.0 Å². The Morgan fingerprint density at radius 3 is 1.64 bits per heavy atom. The van der Waals surface area contributed by atoms with E-state index < -0.39 is 6.83 Å². The molecule has 0 spiro atoms. The molecule has 162 valence electrons. The minimum atomic E-state index is -2.67. The Labute approximate surface area is 173 Å². The van der Waals surface area contributed by atoms with Crippen LogP contribution < -0.4 is 0 Å². The van der Waals surface area contributed by atoms with Crippen molar-refractivity contribution in [3.8, 4) is 5.75 Å². The third-order valence-electron chi connectivity index (χ3n) is 6.02. The maximum atomic E-state index is 13.3. The van der Waals surface area contributed by atoms with Gasteiger partial charge in [0.25, 0.3) is 0 Å². The fraction of sp³-hybridized carbons (Fsp3) is 0.708. The van der Waals surface area contributed by atoms with E-state index in [0.29, 0.717) is 5.56 Å². The first kappa shape index (κ1) is 25.0. The molecular formula is C24H43O3P. The van der Waals surface area contributed by atoms with Gasteiger partial charge in [-0.2, -0.15) is 0 Å². The Morgan fingerprint density at radius 1 is 0.857 bits per heavy atom. The number of hydrogen-bond donors (Lipinski definition) is 1. The fourth-order valence-electron chi connectivity index (χ4n) is 4.18. The molecule has 0 saturated carbocycles. The van der Waals surface area contributed by atoms with Crippen molar-refractivity contribution in [2.45, 2.75) is 86.0 Å². The number of hydrogen-bond acceptors (Lipinski definition) is 3. The zero-order valence-corrected chi connectivity index (χ0v) is 19.8. The number of aryl methyl sites for hydroxylation is 1. The molecule has 0 heterocycles. The van der Waals surface area contributed by atoms with E-state index in [4.69, 9.17) is 4.52 Å². The van der Waals surface area contributed by atoms with E-state index in [9.17, 15) is 9.90 Å². The van der Waals surface area contributed by atoms with Crippen molar-refractivity contribution >= 4 is 12.8 Å². The zero-order chi connectivity index (χ0) is 21.1. The summed E-state index contributed by atoms with van der Waals surface area (Å²) in [6, 6.07) is 5.25. The quantitative estimate of drug-likeness (QED) is 0.322. The molecule has 0 radical (unpaired) electrons. The van der Waals surface area contributed by atoms with Crippen LogP contribution in [0.2, 0.25) is 0 Å². The monoisotopic (exact) mass is 410 g/mol. The van der Waals surface area contributed by atoms with E-state index in [1.165, 1.54) is 0 Å². The van der Waals surface area contributed by atoms with Gasteiger partial charge in [-0.05, 0) is 0 Å². The molecule has 0 atom stereocenters. The number of carbonyl (C=O) groups excluding carboxylic acids is 1. The molecular weight excluding hydrogens is 367 g/mol. The summed E-state index contributed by atoms with van der Waals surface area (Å²) < 4.78 is 6.67. The minimum absolute atomic E-state index is 0.0403. The second kappa shape index (κ2) is 11.8. The summed E-state index contributed by atoms with van der Waals surface area (Å²) in [6.45, 7) is 8.13. The number of carbonyl (C=O) groups is 1. The molecule has 4 heteroatoms. The van der Waals surface area contributed by atoms with E-state index in [-0.39, 0.29) is 11.7 Å². The molecule has 0 fully saturated rings. The summed E-state index contributed by atoms with van der Waals surface area (Å²) in [5.74, 6) is -0.270. The predicted octanol–water partition coefficient (Wildman–Crippen LogP) is 7.53. The molecule has 0 aliphatic heterocycles. The third kappa shape index (κ3) is 6.76. The van der Waals surface area contributed by atoms with Crippen molar-refractivity contribution in [1.82, 2.24) is 0 Å². The molecule has 0 aromatic heterocycles. The van der Waals surface area contributed by atoms with Crippen LogP contribution in [0.15, 0.2) is 18.2 Å². The van der Waals surface area contributed by atoms with Crippen molar-refractivity contribution in [2.24, 2.45) is 0 Å². The molecule has 1 aromatic carbocycles. The fourth-order valence-corrected chi connectivity index (χ4v) is 10.9.